The Morgan fingerprint density at radius 1 is 1.42 bits per heavy atom. The van der Waals surface area contributed by atoms with Crippen LogP contribution >= 0.6 is 12.4 Å². The molecular formula is C13H19ClN2O3. The van der Waals surface area contributed by atoms with Gasteiger partial charge in [-0.15, -0.1) is 12.4 Å². The first-order valence-corrected chi connectivity index (χ1v) is 6.04. The van der Waals surface area contributed by atoms with E-state index >= 15 is 0 Å². The third kappa shape index (κ3) is 4.09. The van der Waals surface area contributed by atoms with E-state index in [0.29, 0.717) is 13.0 Å². The van der Waals surface area contributed by atoms with Crippen molar-refractivity contribution in [2.75, 3.05) is 13.2 Å². The standard InChI is InChI=1S/C13H18N2O3.ClH/c14-11-6-12(8-16)15(7-11)13(17)18-9-10-4-2-1-3-5-10;/h1-5,11-12,16H,6-9,14H2;1H. The van der Waals surface area contributed by atoms with Crippen LogP contribution < -0.4 is 5.73 Å². The van der Waals surface area contributed by atoms with Crippen molar-refractivity contribution in [1.29, 1.82) is 0 Å². The van der Waals surface area contributed by atoms with Gasteiger partial charge in [0.05, 0.1) is 12.6 Å². The van der Waals surface area contributed by atoms with Crippen molar-refractivity contribution < 1.29 is 14.6 Å². The Balaban J connectivity index is 0.00000180. The number of benzene rings is 1. The number of carbonyl (C=O) groups is 1. The summed E-state index contributed by atoms with van der Waals surface area (Å²) < 4.78 is 5.21. The maximum Gasteiger partial charge on any atom is 0.410 e. The number of hydrogen-bond acceptors (Lipinski definition) is 4. The third-order valence-electron chi connectivity index (χ3n) is 3.10. The van der Waals surface area contributed by atoms with Crippen LogP contribution in [0.4, 0.5) is 4.79 Å². The van der Waals surface area contributed by atoms with E-state index in [-0.39, 0.29) is 37.7 Å². The maximum absolute atomic E-state index is 11.9. The van der Waals surface area contributed by atoms with Crippen molar-refractivity contribution in [2.45, 2.75) is 25.1 Å². The van der Waals surface area contributed by atoms with Gasteiger partial charge in [-0.05, 0) is 12.0 Å². The molecule has 1 aliphatic rings. The molecule has 1 amide bonds. The molecule has 0 radical (unpaired) electrons. The first-order chi connectivity index (χ1) is 8.70. The van der Waals surface area contributed by atoms with Gasteiger partial charge in [0, 0.05) is 12.6 Å². The van der Waals surface area contributed by atoms with Gasteiger partial charge in [-0.3, -0.25) is 0 Å². The zero-order chi connectivity index (χ0) is 13.0. The lowest BCUT2D eigenvalue weighted by atomic mass is 10.2. The van der Waals surface area contributed by atoms with Crippen LogP contribution in [0.1, 0.15) is 12.0 Å². The maximum atomic E-state index is 11.9. The molecule has 0 saturated carbocycles. The van der Waals surface area contributed by atoms with Crippen molar-refractivity contribution in [2.24, 2.45) is 5.73 Å². The Morgan fingerprint density at radius 3 is 2.74 bits per heavy atom. The van der Waals surface area contributed by atoms with Gasteiger partial charge in [-0.25, -0.2) is 4.79 Å². The van der Waals surface area contributed by atoms with Crippen LogP contribution in [0.15, 0.2) is 30.3 Å². The van der Waals surface area contributed by atoms with E-state index in [1.54, 1.807) is 0 Å². The number of likely N-dealkylation sites (tertiary alicyclic amines) is 1. The van der Waals surface area contributed by atoms with Crippen LogP contribution in [0.3, 0.4) is 0 Å². The second-order valence-corrected chi connectivity index (χ2v) is 4.52. The second-order valence-electron chi connectivity index (χ2n) is 4.52. The Morgan fingerprint density at radius 2 is 2.11 bits per heavy atom. The van der Waals surface area contributed by atoms with Gasteiger partial charge in [0.25, 0.3) is 0 Å². The molecule has 1 aromatic carbocycles. The van der Waals surface area contributed by atoms with E-state index < -0.39 is 6.09 Å². The summed E-state index contributed by atoms with van der Waals surface area (Å²) in [6.07, 6.45) is 0.211. The summed E-state index contributed by atoms with van der Waals surface area (Å²) in [6.45, 7) is 0.608. The molecule has 1 fully saturated rings. The number of rotatable bonds is 3. The number of nitrogens with zero attached hydrogens (tertiary/aromatic N) is 1. The average Bonchev–Trinajstić information content (AvgIpc) is 2.78. The number of ether oxygens (including phenoxy) is 1. The molecule has 0 bridgehead atoms. The lowest BCUT2D eigenvalue weighted by molar-refractivity contribution is 0.0794. The van der Waals surface area contributed by atoms with E-state index in [0.717, 1.165) is 5.56 Å². The largest absolute Gasteiger partial charge is 0.445 e. The molecule has 106 valence electrons. The summed E-state index contributed by atoms with van der Waals surface area (Å²) in [5.41, 5.74) is 6.72. The van der Waals surface area contributed by atoms with Crippen molar-refractivity contribution in [3.63, 3.8) is 0 Å². The van der Waals surface area contributed by atoms with E-state index in [2.05, 4.69) is 0 Å². The number of nitrogens with two attached hydrogens (primary N) is 1. The van der Waals surface area contributed by atoms with Gasteiger partial charge in [-0.2, -0.15) is 0 Å². The van der Waals surface area contributed by atoms with Gasteiger partial charge in [0.2, 0.25) is 0 Å². The Hall–Kier alpha value is -1.30. The van der Waals surface area contributed by atoms with Gasteiger partial charge in [-0.1, -0.05) is 30.3 Å². The van der Waals surface area contributed by atoms with Gasteiger partial charge in [0.1, 0.15) is 6.61 Å². The van der Waals surface area contributed by atoms with Crippen LogP contribution in [-0.2, 0) is 11.3 Å². The number of hydrogen-bond donors (Lipinski definition) is 2. The van der Waals surface area contributed by atoms with E-state index in [9.17, 15) is 9.90 Å². The fourth-order valence-electron chi connectivity index (χ4n) is 2.15. The third-order valence-corrected chi connectivity index (χ3v) is 3.10. The molecule has 0 aromatic heterocycles. The quantitative estimate of drug-likeness (QED) is 0.874. The molecule has 1 heterocycles. The number of aliphatic hydroxyl groups excluding tert-OH is 1. The highest BCUT2D eigenvalue weighted by Crippen LogP contribution is 2.17. The Bertz CT molecular complexity index is 402. The molecule has 3 N–H and O–H groups in total. The molecule has 1 saturated heterocycles. The molecule has 2 rings (SSSR count). The Kier molecular flexibility index (Phi) is 6.08. The SMILES string of the molecule is Cl.NC1CC(CO)N(C(=O)OCc2ccccc2)C1. The van der Waals surface area contributed by atoms with Crippen molar-refractivity contribution in [1.82, 2.24) is 4.90 Å². The summed E-state index contributed by atoms with van der Waals surface area (Å²) in [5.74, 6) is 0. The molecule has 0 spiro atoms. The number of carbonyl (C=O) groups excluding carboxylic acids is 1. The molecule has 2 atom stereocenters. The monoisotopic (exact) mass is 286 g/mol. The molecule has 6 heteroatoms. The topological polar surface area (TPSA) is 75.8 Å². The zero-order valence-corrected chi connectivity index (χ0v) is 11.4. The van der Waals surface area contributed by atoms with Gasteiger partial charge >= 0.3 is 6.09 Å². The van der Waals surface area contributed by atoms with Crippen LogP contribution in [0, 0.1) is 0 Å². The Labute approximate surface area is 118 Å². The molecule has 0 aliphatic carbocycles. The first-order valence-electron chi connectivity index (χ1n) is 6.04. The fourth-order valence-corrected chi connectivity index (χ4v) is 2.15. The molecule has 19 heavy (non-hydrogen) atoms. The van der Waals surface area contributed by atoms with E-state index in [1.807, 2.05) is 30.3 Å². The van der Waals surface area contributed by atoms with Gasteiger partial charge < -0.3 is 20.5 Å². The minimum absolute atomic E-state index is 0. The van der Waals surface area contributed by atoms with E-state index in [4.69, 9.17) is 10.5 Å². The van der Waals surface area contributed by atoms with Crippen molar-refractivity contribution in [3.05, 3.63) is 35.9 Å². The normalized spacial score (nSPS) is 21.9. The van der Waals surface area contributed by atoms with Crippen LogP contribution in [0.2, 0.25) is 0 Å². The number of amides is 1. The highest BCUT2D eigenvalue weighted by Gasteiger charge is 2.33. The highest BCUT2D eigenvalue weighted by atomic mass is 35.5. The average molecular weight is 287 g/mol. The fraction of sp³-hybridized carbons (Fsp3) is 0.462. The molecule has 2 unspecified atom stereocenters. The minimum atomic E-state index is -0.411. The zero-order valence-electron chi connectivity index (χ0n) is 10.6. The predicted molar refractivity (Wildman–Crippen MR) is 74.0 cm³/mol. The molecular weight excluding hydrogens is 268 g/mol. The van der Waals surface area contributed by atoms with Crippen LogP contribution in [-0.4, -0.2) is 41.3 Å². The van der Waals surface area contributed by atoms with Gasteiger partial charge in [0.15, 0.2) is 0 Å². The predicted octanol–water partition coefficient (Wildman–Crippen LogP) is 1.14. The highest BCUT2D eigenvalue weighted by molar-refractivity contribution is 5.85. The smallest absolute Gasteiger partial charge is 0.410 e. The summed E-state index contributed by atoms with van der Waals surface area (Å²) in [4.78, 5) is 13.4. The van der Waals surface area contributed by atoms with Crippen LogP contribution in [0.25, 0.3) is 0 Å². The van der Waals surface area contributed by atoms with Crippen molar-refractivity contribution in [3.8, 4) is 0 Å². The first kappa shape index (κ1) is 15.8. The van der Waals surface area contributed by atoms with Crippen molar-refractivity contribution >= 4 is 18.5 Å². The lowest BCUT2D eigenvalue weighted by Crippen LogP contribution is -2.38. The molecule has 1 aromatic rings. The van der Waals surface area contributed by atoms with E-state index in [1.165, 1.54) is 4.90 Å². The molecule has 5 nitrogen and oxygen atoms in total. The summed E-state index contributed by atoms with van der Waals surface area (Å²) in [7, 11) is 0. The number of halogens is 1. The van der Waals surface area contributed by atoms with Crippen LogP contribution in [0.5, 0.6) is 0 Å². The summed E-state index contributed by atoms with van der Waals surface area (Å²) in [6, 6.07) is 9.19. The minimum Gasteiger partial charge on any atom is -0.445 e. The lowest BCUT2D eigenvalue weighted by Gasteiger charge is -2.22. The summed E-state index contributed by atoms with van der Waals surface area (Å²) in [5, 5.41) is 9.18. The second kappa shape index (κ2) is 7.33. The number of aliphatic hydroxyl groups is 1. The summed E-state index contributed by atoms with van der Waals surface area (Å²) >= 11 is 0. The molecule has 1 aliphatic heterocycles.